The van der Waals surface area contributed by atoms with Crippen LogP contribution in [0.15, 0.2) is 122 Å². The zero-order valence-corrected chi connectivity index (χ0v) is 29.7. The zero-order valence-electron chi connectivity index (χ0n) is 28.8. The Morgan fingerprint density at radius 3 is 1.47 bits per heavy atom. The van der Waals surface area contributed by atoms with Gasteiger partial charge in [0.25, 0.3) is 10.1 Å². The van der Waals surface area contributed by atoms with Crippen molar-refractivity contribution in [1.82, 2.24) is 5.32 Å². The summed E-state index contributed by atoms with van der Waals surface area (Å²) in [6, 6.07) is -1.12. The summed E-state index contributed by atoms with van der Waals surface area (Å²) in [6.07, 6.45) is 52.1. The highest BCUT2D eigenvalue weighted by Crippen LogP contribution is 2.06. The molecule has 2 atom stereocenters. The molecule has 0 aliphatic rings. The summed E-state index contributed by atoms with van der Waals surface area (Å²) in [5.74, 6) is -1.11. The first-order valence-electron chi connectivity index (χ1n) is 17.2. The van der Waals surface area contributed by atoms with Gasteiger partial charge in [0.05, 0.1) is 17.9 Å². The quantitative estimate of drug-likeness (QED) is 0.0438. The Kier molecular flexibility index (Phi) is 30.4. The smallest absolute Gasteiger partial charge is 0.267 e. The molecule has 0 radical (unpaired) electrons. The van der Waals surface area contributed by atoms with E-state index in [2.05, 4.69) is 109 Å². The topological polar surface area (TPSA) is 104 Å². The number of carbonyl (C=O) groups excluding carboxylic acids is 1. The van der Waals surface area contributed by atoms with E-state index in [1.807, 2.05) is 19.1 Å². The van der Waals surface area contributed by atoms with E-state index in [0.717, 1.165) is 64.2 Å². The van der Waals surface area contributed by atoms with Gasteiger partial charge in [-0.3, -0.25) is 9.35 Å². The van der Waals surface area contributed by atoms with Gasteiger partial charge in [-0.25, -0.2) is 0 Å². The lowest BCUT2D eigenvalue weighted by atomic mass is 10.1. The number of hydrogen-bond acceptors (Lipinski definition) is 4. The van der Waals surface area contributed by atoms with E-state index in [1.54, 1.807) is 6.08 Å². The highest BCUT2D eigenvalue weighted by atomic mass is 32.2. The molecule has 7 heteroatoms. The maximum atomic E-state index is 12.4. The third-order valence-electron chi connectivity index (χ3n) is 6.69. The van der Waals surface area contributed by atoms with E-state index in [9.17, 15) is 22.9 Å². The number of rotatable bonds is 28. The molecular weight excluding hydrogens is 607 g/mol. The molecule has 0 aliphatic carbocycles. The van der Waals surface area contributed by atoms with Crippen molar-refractivity contribution in [1.29, 1.82) is 0 Å². The lowest BCUT2D eigenvalue weighted by Crippen LogP contribution is -2.46. The molecule has 0 aromatic carbocycles. The van der Waals surface area contributed by atoms with Crippen LogP contribution in [-0.2, 0) is 14.9 Å². The molecule has 0 bridgehead atoms. The predicted octanol–water partition coefficient (Wildman–Crippen LogP) is 9.78. The highest BCUT2D eigenvalue weighted by molar-refractivity contribution is 7.85. The van der Waals surface area contributed by atoms with Crippen LogP contribution in [0, 0.1) is 0 Å². The van der Waals surface area contributed by atoms with Crippen molar-refractivity contribution < 1.29 is 22.9 Å². The number of aliphatic hydroxyl groups excluding tert-OH is 1. The van der Waals surface area contributed by atoms with Crippen molar-refractivity contribution in [2.45, 2.75) is 116 Å². The number of unbranched alkanes of at least 4 members (excludes halogenated alkanes) is 3. The summed E-state index contributed by atoms with van der Waals surface area (Å²) in [6.45, 7) is 4.14. The monoisotopic (exact) mass is 667 g/mol. The minimum atomic E-state index is -4.38. The number of nitrogens with one attached hydrogen (secondary N) is 1. The Bertz CT molecular complexity index is 1180. The van der Waals surface area contributed by atoms with Gasteiger partial charge < -0.3 is 10.4 Å². The number of amides is 1. The average Bonchev–Trinajstić information content (AvgIpc) is 3.03. The van der Waals surface area contributed by atoms with Crippen molar-refractivity contribution in [3.63, 3.8) is 0 Å². The van der Waals surface area contributed by atoms with Crippen LogP contribution in [-0.4, -0.2) is 41.9 Å². The first-order valence-corrected chi connectivity index (χ1v) is 18.8. The molecule has 47 heavy (non-hydrogen) atoms. The molecule has 0 fully saturated rings. The zero-order chi connectivity index (χ0) is 34.7. The van der Waals surface area contributed by atoms with Gasteiger partial charge in [0, 0.05) is 6.42 Å². The molecule has 6 nitrogen and oxygen atoms in total. The van der Waals surface area contributed by atoms with Crippen LogP contribution in [0.2, 0.25) is 0 Å². The molecule has 0 aliphatic heterocycles. The Morgan fingerprint density at radius 1 is 0.617 bits per heavy atom. The van der Waals surface area contributed by atoms with Crippen molar-refractivity contribution >= 4 is 16.0 Å². The fourth-order valence-corrected chi connectivity index (χ4v) is 4.91. The van der Waals surface area contributed by atoms with E-state index < -0.39 is 28.0 Å². The predicted molar refractivity (Wildman–Crippen MR) is 202 cm³/mol. The Labute approximate surface area is 286 Å². The first-order chi connectivity index (χ1) is 22.8. The largest absolute Gasteiger partial charge is 0.387 e. The van der Waals surface area contributed by atoms with Crippen LogP contribution >= 0.6 is 0 Å². The van der Waals surface area contributed by atoms with Crippen LogP contribution in [0.4, 0.5) is 0 Å². The van der Waals surface area contributed by atoms with Gasteiger partial charge in [-0.1, -0.05) is 128 Å². The van der Waals surface area contributed by atoms with Crippen molar-refractivity contribution in [3.8, 4) is 0 Å². The number of hydrogen-bond donors (Lipinski definition) is 3. The average molecular weight is 668 g/mol. The fraction of sp³-hybridized carbons (Fsp3) is 0.475. The second-order valence-corrected chi connectivity index (χ2v) is 12.5. The molecule has 0 heterocycles. The lowest BCUT2D eigenvalue weighted by molar-refractivity contribution is -0.122. The molecular formula is C40H61NO5S. The summed E-state index contributed by atoms with van der Waals surface area (Å²) >= 11 is 0. The second-order valence-electron chi connectivity index (χ2n) is 11.1. The van der Waals surface area contributed by atoms with Crippen molar-refractivity contribution in [2.24, 2.45) is 0 Å². The Balaban J connectivity index is 4.16. The molecule has 0 spiro atoms. The maximum Gasteiger partial charge on any atom is 0.267 e. The molecule has 0 aromatic rings. The van der Waals surface area contributed by atoms with Gasteiger partial charge >= 0.3 is 0 Å². The van der Waals surface area contributed by atoms with Gasteiger partial charge in [-0.2, -0.15) is 8.42 Å². The van der Waals surface area contributed by atoms with E-state index in [-0.39, 0.29) is 12.3 Å². The summed E-state index contributed by atoms with van der Waals surface area (Å²) in [4.78, 5) is 12.4. The standard InChI is InChI=1S/C40H61NO5S/c1-3-5-7-9-11-13-14-15-16-17-18-19-20-21-22-23-24-25-26-28-30-32-34-36-40(43)41-38(37-47(44,45)46)39(42)35-33-31-29-27-12-10-8-6-4-2/h4-7,11-13,15-16,18-19,21-22,24-25,27-28,30,33,35,38-39,42H,3,8-10,14,17,20,23,26,29,31-32,34,36-37H2,1-2H3,(H,41,43)(H,44,45,46)/b6-4+,7-5-,13-11-,16-15-,19-18-,22-21-,25-24-,27-12+,30-28-,35-33+. The summed E-state index contributed by atoms with van der Waals surface area (Å²) in [7, 11) is -4.38. The second kappa shape index (κ2) is 32.7. The van der Waals surface area contributed by atoms with Crippen LogP contribution in [0.25, 0.3) is 0 Å². The fourth-order valence-electron chi connectivity index (χ4n) is 4.18. The Morgan fingerprint density at radius 2 is 1.02 bits per heavy atom. The molecule has 0 rings (SSSR count). The highest BCUT2D eigenvalue weighted by Gasteiger charge is 2.24. The summed E-state index contributed by atoms with van der Waals surface area (Å²) < 4.78 is 32.2. The van der Waals surface area contributed by atoms with Crippen molar-refractivity contribution in [2.75, 3.05) is 5.75 Å². The van der Waals surface area contributed by atoms with Gasteiger partial charge in [-0.15, -0.1) is 0 Å². The van der Waals surface area contributed by atoms with Crippen LogP contribution in [0.5, 0.6) is 0 Å². The molecule has 2 unspecified atom stereocenters. The SMILES string of the molecule is C/C=C/CC/C=C/CC/C=C/C(O)C(CS(=O)(=O)O)NC(=O)CCC/C=C\C/C=C\C/C=C\C/C=C\C/C=C\C/C=C\C/C=C\CC. The number of allylic oxidation sites excluding steroid dienone is 19. The van der Waals surface area contributed by atoms with E-state index in [0.29, 0.717) is 19.3 Å². The first kappa shape index (κ1) is 43.7. The summed E-state index contributed by atoms with van der Waals surface area (Å²) in [5, 5.41) is 13.0. The molecule has 262 valence electrons. The van der Waals surface area contributed by atoms with E-state index in [1.165, 1.54) is 6.08 Å². The molecule has 0 aromatic heterocycles. The minimum absolute atomic E-state index is 0.195. The van der Waals surface area contributed by atoms with Crippen LogP contribution < -0.4 is 5.32 Å². The lowest BCUT2D eigenvalue weighted by Gasteiger charge is -2.21. The van der Waals surface area contributed by atoms with Crippen molar-refractivity contribution in [3.05, 3.63) is 122 Å². The normalized spacial score (nSPS) is 14.9. The number of carbonyl (C=O) groups is 1. The van der Waals surface area contributed by atoms with Gasteiger partial charge in [0.2, 0.25) is 5.91 Å². The van der Waals surface area contributed by atoms with E-state index >= 15 is 0 Å². The van der Waals surface area contributed by atoms with Gasteiger partial charge in [-0.05, 0) is 90.4 Å². The van der Waals surface area contributed by atoms with Crippen LogP contribution in [0.3, 0.4) is 0 Å². The third kappa shape index (κ3) is 33.9. The minimum Gasteiger partial charge on any atom is -0.387 e. The Hall–Kier alpha value is -3.26. The molecule has 0 saturated carbocycles. The van der Waals surface area contributed by atoms with Crippen LogP contribution in [0.1, 0.15) is 104 Å². The van der Waals surface area contributed by atoms with E-state index in [4.69, 9.17) is 0 Å². The molecule has 0 saturated heterocycles. The maximum absolute atomic E-state index is 12.4. The van der Waals surface area contributed by atoms with Gasteiger partial charge in [0.15, 0.2) is 0 Å². The summed E-state index contributed by atoms with van der Waals surface area (Å²) in [5.41, 5.74) is 0. The third-order valence-corrected chi connectivity index (χ3v) is 7.47. The number of aliphatic hydroxyl groups is 1. The van der Waals surface area contributed by atoms with Gasteiger partial charge in [0.1, 0.15) is 0 Å². The molecule has 1 amide bonds. The molecule has 3 N–H and O–H groups in total.